The number of benzene rings is 2. The van der Waals surface area contributed by atoms with Crippen LogP contribution in [0.25, 0.3) is 0 Å². The third-order valence-electron chi connectivity index (χ3n) is 3.50. The molecule has 0 aliphatic carbocycles. The van der Waals surface area contributed by atoms with Gasteiger partial charge in [0.15, 0.2) is 0 Å². The zero-order valence-electron chi connectivity index (χ0n) is 11.7. The molecule has 21 heavy (non-hydrogen) atoms. The van der Waals surface area contributed by atoms with Gasteiger partial charge in [-0.25, -0.2) is 4.79 Å². The minimum Gasteiger partial charge on any atom is -0.478 e. The first-order valence-corrected chi connectivity index (χ1v) is 7.58. The Morgan fingerprint density at radius 1 is 1.24 bits per heavy atom. The number of anilines is 1. The summed E-state index contributed by atoms with van der Waals surface area (Å²) in [6.45, 7) is 2.02. The summed E-state index contributed by atoms with van der Waals surface area (Å²) in [5.41, 5.74) is 2.02. The summed E-state index contributed by atoms with van der Waals surface area (Å²) < 4.78 is 0.746. The molecule has 0 spiro atoms. The zero-order chi connectivity index (χ0) is 15.6. The number of rotatable bonds is 4. The first-order valence-electron chi connectivity index (χ1n) is 6.41. The van der Waals surface area contributed by atoms with E-state index < -0.39 is 5.97 Å². The van der Waals surface area contributed by atoms with Crippen molar-refractivity contribution >= 4 is 39.2 Å². The molecule has 0 saturated heterocycles. The lowest BCUT2D eigenvalue weighted by Gasteiger charge is -2.28. The normalized spacial score (nSPS) is 12.0. The molecule has 2 aromatic rings. The largest absolute Gasteiger partial charge is 0.478 e. The SMILES string of the molecule is CC(c1ccc(Cl)cc1)N(C)c1ccc(Br)cc1C(=O)O. The van der Waals surface area contributed by atoms with Crippen LogP contribution >= 0.6 is 27.5 Å². The molecular formula is C16H15BrClNO2. The van der Waals surface area contributed by atoms with Crippen molar-refractivity contribution in [3.05, 3.63) is 63.1 Å². The molecule has 110 valence electrons. The summed E-state index contributed by atoms with van der Waals surface area (Å²) in [7, 11) is 1.88. The monoisotopic (exact) mass is 367 g/mol. The lowest BCUT2D eigenvalue weighted by molar-refractivity contribution is 0.0697. The van der Waals surface area contributed by atoms with Gasteiger partial charge in [0.2, 0.25) is 0 Å². The molecular weight excluding hydrogens is 354 g/mol. The van der Waals surface area contributed by atoms with Crippen molar-refractivity contribution in [1.82, 2.24) is 0 Å². The molecule has 2 rings (SSSR count). The Morgan fingerprint density at radius 2 is 1.86 bits per heavy atom. The number of carboxylic acid groups (broad SMARTS) is 1. The highest BCUT2D eigenvalue weighted by molar-refractivity contribution is 9.10. The summed E-state index contributed by atoms with van der Waals surface area (Å²) >= 11 is 9.21. The predicted molar refractivity (Wildman–Crippen MR) is 89.4 cm³/mol. The van der Waals surface area contributed by atoms with Gasteiger partial charge < -0.3 is 10.0 Å². The first-order chi connectivity index (χ1) is 9.90. The van der Waals surface area contributed by atoms with Crippen molar-refractivity contribution in [1.29, 1.82) is 0 Å². The number of carbonyl (C=O) groups is 1. The first kappa shape index (κ1) is 15.9. The molecule has 1 atom stereocenters. The zero-order valence-corrected chi connectivity index (χ0v) is 14.0. The second kappa shape index (κ2) is 6.50. The maximum absolute atomic E-state index is 11.4. The van der Waals surface area contributed by atoms with Crippen LogP contribution in [-0.4, -0.2) is 18.1 Å². The third kappa shape index (κ3) is 3.57. The summed E-state index contributed by atoms with van der Waals surface area (Å²) in [4.78, 5) is 13.4. The van der Waals surface area contributed by atoms with E-state index >= 15 is 0 Å². The molecule has 2 aromatic carbocycles. The number of hydrogen-bond donors (Lipinski definition) is 1. The van der Waals surface area contributed by atoms with Crippen molar-refractivity contribution in [2.45, 2.75) is 13.0 Å². The van der Waals surface area contributed by atoms with Gasteiger partial charge >= 0.3 is 5.97 Å². The van der Waals surface area contributed by atoms with Crippen LogP contribution in [0.3, 0.4) is 0 Å². The summed E-state index contributed by atoms with van der Waals surface area (Å²) in [6, 6.07) is 12.9. The standard InChI is InChI=1S/C16H15BrClNO2/c1-10(11-3-6-13(18)7-4-11)19(2)15-8-5-12(17)9-14(15)16(20)21/h3-10H,1-2H3,(H,20,21). The molecule has 0 saturated carbocycles. The van der Waals surface area contributed by atoms with Gasteiger partial charge in [-0.2, -0.15) is 0 Å². The van der Waals surface area contributed by atoms with E-state index in [1.807, 2.05) is 49.2 Å². The Bertz CT molecular complexity index is 658. The summed E-state index contributed by atoms with van der Waals surface area (Å²) in [6.07, 6.45) is 0. The van der Waals surface area contributed by atoms with E-state index in [1.165, 1.54) is 0 Å². The van der Waals surface area contributed by atoms with E-state index in [1.54, 1.807) is 12.1 Å². The number of aromatic carboxylic acids is 1. The van der Waals surface area contributed by atoms with Gasteiger partial charge in [-0.15, -0.1) is 0 Å². The molecule has 3 nitrogen and oxygen atoms in total. The van der Waals surface area contributed by atoms with Crippen LogP contribution in [0.15, 0.2) is 46.9 Å². The molecule has 0 fully saturated rings. The molecule has 1 unspecified atom stereocenters. The van der Waals surface area contributed by atoms with E-state index in [9.17, 15) is 9.90 Å². The van der Waals surface area contributed by atoms with Crippen LogP contribution in [0.1, 0.15) is 28.9 Å². The lowest BCUT2D eigenvalue weighted by Crippen LogP contribution is -2.23. The van der Waals surface area contributed by atoms with E-state index in [0.29, 0.717) is 10.7 Å². The average molecular weight is 369 g/mol. The highest BCUT2D eigenvalue weighted by Gasteiger charge is 2.18. The molecule has 0 aliphatic rings. The smallest absolute Gasteiger partial charge is 0.337 e. The van der Waals surface area contributed by atoms with Crippen molar-refractivity contribution in [3.8, 4) is 0 Å². The van der Waals surface area contributed by atoms with E-state index in [-0.39, 0.29) is 11.6 Å². The third-order valence-corrected chi connectivity index (χ3v) is 4.25. The van der Waals surface area contributed by atoms with Gasteiger partial charge in [0.25, 0.3) is 0 Å². The van der Waals surface area contributed by atoms with Gasteiger partial charge in [-0.05, 0) is 42.8 Å². The van der Waals surface area contributed by atoms with Crippen molar-refractivity contribution in [2.24, 2.45) is 0 Å². The van der Waals surface area contributed by atoms with Gasteiger partial charge in [0.1, 0.15) is 0 Å². The van der Waals surface area contributed by atoms with Crippen LogP contribution in [0.5, 0.6) is 0 Å². The summed E-state index contributed by atoms with van der Waals surface area (Å²) in [5.74, 6) is -0.943. The molecule has 0 aromatic heterocycles. The second-order valence-corrected chi connectivity index (χ2v) is 6.16. The predicted octanol–water partition coefficient (Wildman–Crippen LogP) is 5.00. The van der Waals surface area contributed by atoms with Gasteiger partial charge in [-0.1, -0.05) is 39.7 Å². The average Bonchev–Trinajstić information content (AvgIpc) is 2.46. The minimum atomic E-state index is -0.943. The number of nitrogens with zero attached hydrogens (tertiary/aromatic N) is 1. The van der Waals surface area contributed by atoms with E-state index in [4.69, 9.17) is 11.6 Å². The minimum absolute atomic E-state index is 0.0292. The second-order valence-electron chi connectivity index (χ2n) is 4.81. The van der Waals surface area contributed by atoms with Crippen LogP contribution in [0.2, 0.25) is 5.02 Å². The molecule has 5 heteroatoms. The Hall–Kier alpha value is -1.52. The lowest BCUT2D eigenvalue weighted by atomic mass is 10.1. The van der Waals surface area contributed by atoms with Crippen LogP contribution in [0, 0.1) is 0 Å². The fraction of sp³-hybridized carbons (Fsp3) is 0.188. The molecule has 0 radical (unpaired) electrons. The quantitative estimate of drug-likeness (QED) is 0.825. The maximum Gasteiger partial charge on any atom is 0.337 e. The van der Waals surface area contributed by atoms with Crippen LogP contribution in [0.4, 0.5) is 5.69 Å². The molecule has 0 amide bonds. The fourth-order valence-corrected chi connectivity index (χ4v) is 2.65. The highest BCUT2D eigenvalue weighted by atomic mass is 79.9. The van der Waals surface area contributed by atoms with Crippen LogP contribution in [-0.2, 0) is 0 Å². The molecule has 0 aliphatic heterocycles. The van der Waals surface area contributed by atoms with Gasteiger partial charge in [0.05, 0.1) is 17.3 Å². The molecule has 0 bridgehead atoms. The number of hydrogen-bond acceptors (Lipinski definition) is 2. The van der Waals surface area contributed by atoms with E-state index in [2.05, 4.69) is 15.9 Å². The van der Waals surface area contributed by atoms with Crippen molar-refractivity contribution < 1.29 is 9.90 Å². The Labute approximate surface area is 137 Å². The summed E-state index contributed by atoms with van der Waals surface area (Å²) in [5, 5.41) is 10.0. The topological polar surface area (TPSA) is 40.5 Å². The Balaban J connectivity index is 2.37. The number of carboxylic acids is 1. The Kier molecular flexibility index (Phi) is 4.91. The van der Waals surface area contributed by atoms with Gasteiger partial charge in [-0.3, -0.25) is 0 Å². The van der Waals surface area contributed by atoms with Crippen molar-refractivity contribution in [2.75, 3.05) is 11.9 Å². The number of halogens is 2. The Morgan fingerprint density at radius 3 is 2.43 bits per heavy atom. The van der Waals surface area contributed by atoms with Crippen molar-refractivity contribution in [3.63, 3.8) is 0 Å². The highest BCUT2D eigenvalue weighted by Crippen LogP contribution is 2.30. The maximum atomic E-state index is 11.4. The van der Waals surface area contributed by atoms with Crippen LogP contribution < -0.4 is 4.90 Å². The van der Waals surface area contributed by atoms with Gasteiger partial charge in [0, 0.05) is 16.5 Å². The fourth-order valence-electron chi connectivity index (χ4n) is 2.16. The van der Waals surface area contributed by atoms with E-state index in [0.717, 1.165) is 10.0 Å². The molecule has 0 heterocycles. The molecule has 1 N–H and O–H groups in total.